The first-order chi connectivity index (χ1) is 7.59. The van der Waals surface area contributed by atoms with Gasteiger partial charge in [-0.15, -0.1) is 0 Å². The van der Waals surface area contributed by atoms with Gasteiger partial charge >= 0.3 is 0 Å². The maximum Gasteiger partial charge on any atom is 0.165 e. The first-order valence-corrected chi connectivity index (χ1v) is 5.18. The van der Waals surface area contributed by atoms with Crippen LogP contribution in [0.2, 0.25) is 0 Å². The average Bonchev–Trinajstić information content (AvgIpc) is 2.24. The number of phenolic OH excluding ortho intramolecular Hbond substituents is 2. The Hall–Kier alpha value is -1.96. The third kappa shape index (κ3) is 1.74. The topological polar surface area (TPSA) is 40.5 Å². The lowest BCUT2D eigenvalue weighted by atomic mass is 9.98. The quantitative estimate of drug-likeness (QED) is 0.714. The Bertz CT molecular complexity index is 530. The highest BCUT2D eigenvalue weighted by atomic mass is 16.3. The molecule has 0 saturated carbocycles. The minimum Gasteiger partial charge on any atom is -0.504 e. The van der Waals surface area contributed by atoms with Crippen LogP contribution in [-0.4, -0.2) is 10.2 Å². The summed E-state index contributed by atoms with van der Waals surface area (Å²) < 4.78 is 0. The lowest BCUT2D eigenvalue weighted by Gasteiger charge is -2.10. The van der Waals surface area contributed by atoms with Gasteiger partial charge in [-0.1, -0.05) is 24.3 Å². The third-order valence-corrected chi connectivity index (χ3v) is 2.67. The zero-order valence-corrected chi connectivity index (χ0v) is 9.36. The molecule has 0 atom stereocenters. The summed E-state index contributed by atoms with van der Waals surface area (Å²) in [5, 5.41) is 19.4. The van der Waals surface area contributed by atoms with E-state index in [9.17, 15) is 10.2 Å². The van der Waals surface area contributed by atoms with Crippen LogP contribution in [0.3, 0.4) is 0 Å². The second-order valence-electron chi connectivity index (χ2n) is 4.00. The molecule has 2 N–H and O–H groups in total. The van der Waals surface area contributed by atoms with Crippen LogP contribution < -0.4 is 0 Å². The maximum absolute atomic E-state index is 9.85. The molecule has 2 rings (SSSR count). The van der Waals surface area contributed by atoms with Gasteiger partial charge in [0.25, 0.3) is 0 Å². The van der Waals surface area contributed by atoms with Crippen molar-refractivity contribution in [3.8, 4) is 22.6 Å². The Morgan fingerprint density at radius 2 is 1.56 bits per heavy atom. The molecule has 0 spiro atoms. The van der Waals surface area contributed by atoms with Gasteiger partial charge in [0.2, 0.25) is 0 Å². The maximum atomic E-state index is 9.85. The van der Waals surface area contributed by atoms with E-state index < -0.39 is 0 Å². The van der Waals surface area contributed by atoms with Gasteiger partial charge in [0.05, 0.1) is 0 Å². The van der Waals surface area contributed by atoms with E-state index in [2.05, 4.69) is 0 Å². The van der Waals surface area contributed by atoms with Crippen molar-refractivity contribution < 1.29 is 10.2 Å². The van der Waals surface area contributed by atoms with E-state index in [4.69, 9.17) is 0 Å². The standard InChI is InChI=1S/C14H14O2/c1-9-7-12(14(16)13(15)8-9)11-6-4-3-5-10(11)2/h3-8,15-16H,1-2H3. The van der Waals surface area contributed by atoms with Crippen LogP contribution in [0.4, 0.5) is 0 Å². The third-order valence-electron chi connectivity index (χ3n) is 2.67. The zero-order chi connectivity index (χ0) is 11.7. The van der Waals surface area contributed by atoms with Crippen LogP contribution in [0.15, 0.2) is 36.4 Å². The Kier molecular flexibility index (Phi) is 2.57. The molecule has 0 aliphatic carbocycles. The van der Waals surface area contributed by atoms with Gasteiger partial charge in [-0.05, 0) is 42.7 Å². The number of hydrogen-bond acceptors (Lipinski definition) is 2. The first kappa shape index (κ1) is 10.6. The van der Waals surface area contributed by atoms with Crippen molar-refractivity contribution in [2.24, 2.45) is 0 Å². The van der Waals surface area contributed by atoms with Gasteiger partial charge in [0.15, 0.2) is 11.5 Å². The number of phenols is 2. The molecule has 16 heavy (non-hydrogen) atoms. The van der Waals surface area contributed by atoms with Crippen LogP contribution in [0.25, 0.3) is 11.1 Å². The SMILES string of the molecule is Cc1cc(O)c(O)c(-c2ccccc2C)c1. The molecule has 0 saturated heterocycles. The molecule has 0 heterocycles. The Morgan fingerprint density at radius 1 is 0.875 bits per heavy atom. The summed E-state index contributed by atoms with van der Waals surface area (Å²) in [7, 11) is 0. The Labute approximate surface area is 94.8 Å². The molecule has 82 valence electrons. The molecule has 0 radical (unpaired) electrons. The van der Waals surface area contributed by atoms with Crippen LogP contribution in [0.1, 0.15) is 11.1 Å². The summed E-state index contributed by atoms with van der Waals surface area (Å²) in [4.78, 5) is 0. The summed E-state index contributed by atoms with van der Waals surface area (Å²) >= 11 is 0. The first-order valence-electron chi connectivity index (χ1n) is 5.18. The van der Waals surface area contributed by atoms with E-state index in [1.54, 1.807) is 6.07 Å². The molecule has 2 aromatic rings. The molecule has 0 aliphatic rings. The van der Waals surface area contributed by atoms with E-state index in [-0.39, 0.29) is 11.5 Å². The zero-order valence-electron chi connectivity index (χ0n) is 9.36. The highest BCUT2D eigenvalue weighted by Crippen LogP contribution is 2.38. The van der Waals surface area contributed by atoms with Crippen LogP contribution in [-0.2, 0) is 0 Å². The predicted molar refractivity (Wildman–Crippen MR) is 64.7 cm³/mol. The van der Waals surface area contributed by atoms with Gasteiger partial charge in [-0.2, -0.15) is 0 Å². The summed E-state index contributed by atoms with van der Waals surface area (Å²) in [5.41, 5.74) is 3.62. The molecule has 0 unspecified atom stereocenters. The van der Waals surface area contributed by atoms with Crippen molar-refractivity contribution in [1.82, 2.24) is 0 Å². The van der Waals surface area contributed by atoms with Crippen LogP contribution >= 0.6 is 0 Å². The summed E-state index contributed by atoms with van der Waals surface area (Å²) in [6.45, 7) is 3.87. The number of hydrogen-bond donors (Lipinski definition) is 2. The Balaban J connectivity index is 2.69. The lowest BCUT2D eigenvalue weighted by Crippen LogP contribution is -1.85. The molecular weight excluding hydrogens is 200 g/mol. The number of benzene rings is 2. The highest BCUT2D eigenvalue weighted by molar-refractivity contribution is 5.76. The van der Waals surface area contributed by atoms with Crippen LogP contribution in [0.5, 0.6) is 11.5 Å². The molecule has 0 amide bonds. The molecule has 2 nitrogen and oxygen atoms in total. The molecule has 0 bridgehead atoms. The van der Waals surface area contributed by atoms with Gasteiger partial charge in [-0.25, -0.2) is 0 Å². The molecule has 2 heteroatoms. The van der Waals surface area contributed by atoms with Gasteiger partial charge < -0.3 is 10.2 Å². The molecule has 2 aromatic carbocycles. The normalized spacial score (nSPS) is 10.4. The predicted octanol–water partition coefficient (Wildman–Crippen LogP) is 3.38. The molecule has 0 fully saturated rings. The molecule has 0 aromatic heterocycles. The van der Waals surface area contributed by atoms with E-state index in [1.165, 1.54) is 0 Å². The fraction of sp³-hybridized carbons (Fsp3) is 0.143. The average molecular weight is 214 g/mol. The molecule has 0 aliphatic heterocycles. The van der Waals surface area contributed by atoms with Crippen molar-refractivity contribution in [2.75, 3.05) is 0 Å². The van der Waals surface area contributed by atoms with E-state index in [1.807, 2.05) is 44.2 Å². The summed E-state index contributed by atoms with van der Waals surface area (Å²) in [6.07, 6.45) is 0. The fourth-order valence-corrected chi connectivity index (χ4v) is 1.84. The lowest BCUT2D eigenvalue weighted by molar-refractivity contribution is 0.405. The number of aromatic hydroxyl groups is 2. The monoisotopic (exact) mass is 214 g/mol. The van der Waals surface area contributed by atoms with E-state index in [0.717, 1.165) is 16.7 Å². The van der Waals surface area contributed by atoms with Crippen molar-refractivity contribution >= 4 is 0 Å². The van der Waals surface area contributed by atoms with E-state index >= 15 is 0 Å². The van der Waals surface area contributed by atoms with Crippen molar-refractivity contribution in [1.29, 1.82) is 0 Å². The highest BCUT2D eigenvalue weighted by Gasteiger charge is 2.11. The van der Waals surface area contributed by atoms with Crippen molar-refractivity contribution in [3.05, 3.63) is 47.5 Å². The van der Waals surface area contributed by atoms with Gasteiger partial charge in [0, 0.05) is 5.56 Å². The summed E-state index contributed by atoms with van der Waals surface area (Å²) in [6, 6.07) is 11.2. The largest absolute Gasteiger partial charge is 0.504 e. The number of aryl methyl sites for hydroxylation is 2. The Morgan fingerprint density at radius 3 is 2.25 bits per heavy atom. The minimum atomic E-state index is -0.0711. The summed E-state index contributed by atoms with van der Waals surface area (Å²) in [5.74, 6) is -0.127. The second-order valence-corrected chi connectivity index (χ2v) is 4.00. The van der Waals surface area contributed by atoms with Gasteiger partial charge in [-0.3, -0.25) is 0 Å². The second kappa shape index (κ2) is 3.89. The van der Waals surface area contributed by atoms with Gasteiger partial charge in [0.1, 0.15) is 0 Å². The van der Waals surface area contributed by atoms with Crippen molar-refractivity contribution in [3.63, 3.8) is 0 Å². The van der Waals surface area contributed by atoms with Crippen molar-refractivity contribution in [2.45, 2.75) is 13.8 Å². The minimum absolute atomic E-state index is 0.0556. The molecular formula is C14H14O2. The van der Waals surface area contributed by atoms with E-state index in [0.29, 0.717) is 5.56 Å². The number of rotatable bonds is 1. The smallest absolute Gasteiger partial charge is 0.165 e. The van der Waals surface area contributed by atoms with Crippen LogP contribution in [0, 0.1) is 13.8 Å². The fourth-order valence-electron chi connectivity index (χ4n) is 1.84.